The fraction of sp³-hybridized carbons (Fsp3) is 0.933. The molecule has 0 aromatic heterocycles. The first kappa shape index (κ1) is 14.8. The van der Waals surface area contributed by atoms with Crippen molar-refractivity contribution in [3.8, 4) is 0 Å². The Bertz CT molecular complexity index is 280. The lowest BCUT2D eigenvalue weighted by molar-refractivity contribution is -0.134. The van der Waals surface area contributed by atoms with Crippen molar-refractivity contribution in [1.29, 1.82) is 0 Å². The van der Waals surface area contributed by atoms with Gasteiger partial charge in [-0.05, 0) is 25.7 Å². The molecular formula is C15H28N2O2. The van der Waals surface area contributed by atoms with E-state index in [1.807, 2.05) is 11.8 Å². The third-order valence-electron chi connectivity index (χ3n) is 4.44. The van der Waals surface area contributed by atoms with Crippen molar-refractivity contribution < 1.29 is 9.90 Å². The van der Waals surface area contributed by atoms with Crippen LogP contribution in [0, 0.1) is 5.92 Å². The molecule has 0 bridgehead atoms. The number of carbonyl (C=O) groups excluding carboxylic acids is 1. The van der Waals surface area contributed by atoms with Gasteiger partial charge in [-0.2, -0.15) is 0 Å². The van der Waals surface area contributed by atoms with Gasteiger partial charge in [0.05, 0.1) is 6.10 Å². The van der Waals surface area contributed by atoms with Crippen LogP contribution in [0.3, 0.4) is 0 Å². The van der Waals surface area contributed by atoms with Gasteiger partial charge in [0.2, 0.25) is 5.91 Å². The molecule has 1 aliphatic carbocycles. The number of hydrogen-bond acceptors (Lipinski definition) is 3. The molecule has 2 rings (SSSR count). The SMILES string of the molecule is C[C@H](O)CN1CCN(C(=O)CC2CCCCC2)CC1. The van der Waals surface area contributed by atoms with Crippen molar-refractivity contribution in [2.45, 2.75) is 51.6 Å². The van der Waals surface area contributed by atoms with Gasteiger partial charge >= 0.3 is 0 Å². The molecule has 1 heterocycles. The van der Waals surface area contributed by atoms with Crippen LogP contribution < -0.4 is 0 Å². The van der Waals surface area contributed by atoms with Crippen molar-refractivity contribution in [2.24, 2.45) is 5.92 Å². The molecule has 0 unspecified atom stereocenters. The van der Waals surface area contributed by atoms with Crippen molar-refractivity contribution in [3.05, 3.63) is 0 Å². The molecule has 1 aliphatic heterocycles. The van der Waals surface area contributed by atoms with Gasteiger partial charge < -0.3 is 10.0 Å². The molecule has 1 N–H and O–H groups in total. The highest BCUT2D eigenvalue weighted by atomic mass is 16.3. The zero-order valence-corrected chi connectivity index (χ0v) is 12.2. The minimum atomic E-state index is -0.274. The van der Waals surface area contributed by atoms with Crippen LogP contribution in [0.5, 0.6) is 0 Å². The van der Waals surface area contributed by atoms with E-state index in [-0.39, 0.29) is 6.10 Å². The zero-order chi connectivity index (χ0) is 13.7. The highest BCUT2D eigenvalue weighted by Crippen LogP contribution is 2.26. The summed E-state index contributed by atoms with van der Waals surface area (Å²) in [6.45, 7) is 6.02. The number of amides is 1. The van der Waals surface area contributed by atoms with E-state index in [0.717, 1.165) is 39.1 Å². The van der Waals surface area contributed by atoms with Crippen molar-refractivity contribution in [1.82, 2.24) is 9.80 Å². The van der Waals surface area contributed by atoms with E-state index in [9.17, 15) is 9.90 Å². The van der Waals surface area contributed by atoms with Crippen LogP contribution in [0.25, 0.3) is 0 Å². The Hall–Kier alpha value is -0.610. The summed E-state index contributed by atoms with van der Waals surface area (Å²) >= 11 is 0. The van der Waals surface area contributed by atoms with Gasteiger partial charge in [0.25, 0.3) is 0 Å². The normalized spacial score (nSPS) is 24.4. The molecule has 1 atom stereocenters. The topological polar surface area (TPSA) is 43.8 Å². The van der Waals surface area contributed by atoms with E-state index in [4.69, 9.17) is 0 Å². The lowest BCUT2D eigenvalue weighted by Crippen LogP contribution is -2.50. The second-order valence-corrected chi connectivity index (χ2v) is 6.24. The molecule has 0 radical (unpaired) electrons. The minimum Gasteiger partial charge on any atom is -0.392 e. The summed E-state index contributed by atoms with van der Waals surface area (Å²) in [5, 5.41) is 9.37. The summed E-state index contributed by atoms with van der Waals surface area (Å²) in [7, 11) is 0. The fourth-order valence-electron chi connectivity index (χ4n) is 3.32. The highest BCUT2D eigenvalue weighted by molar-refractivity contribution is 5.76. The van der Waals surface area contributed by atoms with Crippen LogP contribution in [0.4, 0.5) is 0 Å². The van der Waals surface area contributed by atoms with Crippen molar-refractivity contribution in [3.63, 3.8) is 0 Å². The molecule has 1 amide bonds. The van der Waals surface area contributed by atoms with E-state index in [1.54, 1.807) is 0 Å². The fourth-order valence-corrected chi connectivity index (χ4v) is 3.32. The number of aliphatic hydroxyl groups excluding tert-OH is 1. The molecule has 110 valence electrons. The number of rotatable bonds is 4. The first-order chi connectivity index (χ1) is 9.15. The average Bonchev–Trinajstić information content (AvgIpc) is 2.40. The number of nitrogens with zero attached hydrogens (tertiary/aromatic N) is 2. The monoisotopic (exact) mass is 268 g/mol. The summed E-state index contributed by atoms with van der Waals surface area (Å²) in [5.41, 5.74) is 0. The van der Waals surface area contributed by atoms with Gasteiger partial charge in [0, 0.05) is 39.1 Å². The van der Waals surface area contributed by atoms with Gasteiger partial charge in [0.15, 0.2) is 0 Å². The number of aliphatic hydroxyl groups is 1. The Balaban J connectivity index is 1.69. The van der Waals surface area contributed by atoms with E-state index in [2.05, 4.69) is 4.90 Å². The molecule has 1 saturated carbocycles. The average molecular weight is 268 g/mol. The maximum atomic E-state index is 12.3. The van der Waals surface area contributed by atoms with Crippen LogP contribution in [0.2, 0.25) is 0 Å². The van der Waals surface area contributed by atoms with Gasteiger partial charge in [-0.1, -0.05) is 19.3 Å². The Kier molecular flexibility index (Phi) is 5.64. The predicted molar refractivity (Wildman–Crippen MR) is 75.9 cm³/mol. The maximum absolute atomic E-state index is 12.3. The zero-order valence-electron chi connectivity index (χ0n) is 12.2. The first-order valence-corrected chi connectivity index (χ1v) is 7.83. The van der Waals surface area contributed by atoms with Crippen LogP contribution in [0.15, 0.2) is 0 Å². The molecule has 0 aromatic rings. The second kappa shape index (κ2) is 7.25. The highest BCUT2D eigenvalue weighted by Gasteiger charge is 2.24. The van der Waals surface area contributed by atoms with Crippen LogP contribution in [-0.4, -0.2) is 59.6 Å². The lowest BCUT2D eigenvalue weighted by Gasteiger charge is -2.36. The van der Waals surface area contributed by atoms with Gasteiger partial charge in [0.1, 0.15) is 0 Å². The standard InChI is InChI=1S/C15H28N2O2/c1-13(18)12-16-7-9-17(10-8-16)15(19)11-14-5-3-2-4-6-14/h13-14,18H,2-12H2,1H3/t13-/m0/s1. The van der Waals surface area contributed by atoms with E-state index < -0.39 is 0 Å². The Morgan fingerprint density at radius 1 is 1.16 bits per heavy atom. The molecule has 4 heteroatoms. The summed E-state index contributed by atoms with van der Waals surface area (Å²) < 4.78 is 0. The van der Waals surface area contributed by atoms with Crippen molar-refractivity contribution >= 4 is 5.91 Å². The Labute approximate surface area is 116 Å². The minimum absolute atomic E-state index is 0.274. The summed E-state index contributed by atoms with van der Waals surface area (Å²) in [6.07, 6.45) is 6.94. The molecule has 0 aromatic carbocycles. The second-order valence-electron chi connectivity index (χ2n) is 6.24. The Morgan fingerprint density at radius 2 is 1.79 bits per heavy atom. The summed E-state index contributed by atoms with van der Waals surface area (Å²) in [6, 6.07) is 0. The largest absolute Gasteiger partial charge is 0.392 e. The van der Waals surface area contributed by atoms with E-state index in [1.165, 1.54) is 32.1 Å². The van der Waals surface area contributed by atoms with E-state index >= 15 is 0 Å². The van der Waals surface area contributed by atoms with Gasteiger partial charge in [-0.3, -0.25) is 9.69 Å². The van der Waals surface area contributed by atoms with Crippen molar-refractivity contribution in [2.75, 3.05) is 32.7 Å². The van der Waals surface area contributed by atoms with E-state index in [0.29, 0.717) is 11.8 Å². The number of carbonyl (C=O) groups is 1. The van der Waals surface area contributed by atoms with Gasteiger partial charge in [-0.25, -0.2) is 0 Å². The number of β-amino-alcohol motifs (C(OH)–C–C–N with tert-alkyl or cyclic N) is 1. The molecule has 1 saturated heterocycles. The molecule has 4 nitrogen and oxygen atoms in total. The predicted octanol–water partition coefficient (Wildman–Crippen LogP) is 1.48. The van der Waals surface area contributed by atoms with Gasteiger partial charge in [-0.15, -0.1) is 0 Å². The molecule has 0 spiro atoms. The first-order valence-electron chi connectivity index (χ1n) is 7.83. The summed E-state index contributed by atoms with van der Waals surface area (Å²) in [4.78, 5) is 16.5. The lowest BCUT2D eigenvalue weighted by atomic mass is 9.86. The number of piperazine rings is 1. The maximum Gasteiger partial charge on any atom is 0.222 e. The smallest absolute Gasteiger partial charge is 0.222 e. The molecule has 2 aliphatic rings. The molecular weight excluding hydrogens is 240 g/mol. The quantitative estimate of drug-likeness (QED) is 0.840. The molecule has 2 fully saturated rings. The Morgan fingerprint density at radius 3 is 2.37 bits per heavy atom. The van der Waals surface area contributed by atoms with Crippen LogP contribution in [-0.2, 0) is 4.79 Å². The third kappa shape index (κ3) is 4.77. The summed E-state index contributed by atoms with van der Waals surface area (Å²) in [5.74, 6) is 0.986. The van der Waals surface area contributed by atoms with Crippen LogP contribution >= 0.6 is 0 Å². The third-order valence-corrected chi connectivity index (χ3v) is 4.44. The number of hydrogen-bond donors (Lipinski definition) is 1. The molecule has 19 heavy (non-hydrogen) atoms. The van der Waals surface area contributed by atoms with Crippen LogP contribution in [0.1, 0.15) is 45.4 Å².